The number of nitrogens with two attached hydrogens (primary N) is 2. The number of pyridine rings is 5. The number of rotatable bonds is 5. The number of fused-ring (bicyclic) bond motifs is 9. The van der Waals surface area contributed by atoms with Crippen LogP contribution < -0.4 is 22.1 Å². The van der Waals surface area contributed by atoms with E-state index >= 15 is 0 Å². The number of carbonyl (C=O) groups is 1. The molecule has 2 saturated carbocycles. The summed E-state index contributed by atoms with van der Waals surface area (Å²) in [7, 11) is 27.2. The van der Waals surface area contributed by atoms with Gasteiger partial charge in [-0.2, -0.15) is 0 Å². The van der Waals surface area contributed by atoms with Gasteiger partial charge in [0, 0.05) is 124 Å². The zero-order chi connectivity index (χ0) is 71.9. The fraction of sp³-hybridized carbons (Fsp3) is 0.556. The van der Waals surface area contributed by atoms with E-state index in [1.807, 2.05) is 54.6 Å². The highest BCUT2D eigenvalue weighted by atomic mass is 79.9. The molecule has 1 unspecified atom stereocenters. The van der Waals surface area contributed by atoms with Crippen LogP contribution in [-0.4, -0.2) is 197 Å². The van der Waals surface area contributed by atoms with Crippen LogP contribution in [0.3, 0.4) is 0 Å². The number of halogens is 6. The van der Waals surface area contributed by atoms with Crippen LogP contribution in [0.1, 0.15) is 104 Å². The monoisotopic (exact) mass is 1740 g/mol. The molecule has 0 radical (unpaired) electrons. The number of Topliss-reactive ketones (excluding diaryl/α,β-unsaturated/α-hetero) is 1. The Bertz CT molecular complexity index is 3630. The highest BCUT2D eigenvalue weighted by Gasteiger charge is 2.41. The summed E-state index contributed by atoms with van der Waals surface area (Å²) in [4.78, 5) is 42.2. The van der Waals surface area contributed by atoms with Crippen LogP contribution in [0.15, 0.2) is 100 Å². The number of nitrogens with zero attached hydrogens (tertiary/aromatic N) is 13. The first-order chi connectivity index (χ1) is 47.2. The number of nitrogens with one attached hydrogen (secondary N) is 1. The molecule has 0 amide bonds. The van der Waals surface area contributed by atoms with Crippen LogP contribution >= 0.6 is 95.6 Å². The van der Waals surface area contributed by atoms with Crippen molar-refractivity contribution >= 4 is 140 Å². The van der Waals surface area contributed by atoms with Gasteiger partial charge in [0.25, 0.3) is 0 Å². The predicted octanol–water partition coefficient (Wildman–Crippen LogP) is 13.2. The molecule has 4 fully saturated rings. The number of carbonyl (C=O) groups excluding carboxylic acids is 1. The second kappa shape index (κ2) is 37.8. The third kappa shape index (κ3) is 21.7. The summed E-state index contributed by atoms with van der Waals surface area (Å²) >= 11 is 20.1. The predicted molar refractivity (Wildman–Crippen MR) is 420 cm³/mol. The summed E-state index contributed by atoms with van der Waals surface area (Å²) in [5, 5.41) is 5.43. The normalized spacial score (nSPS) is 19.6. The lowest BCUT2D eigenvalue weighted by atomic mass is 9.89. The van der Waals surface area contributed by atoms with Gasteiger partial charge in [0.05, 0.1) is 26.4 Å². The van der Waals surface area contributed by atoms with Gasteiger partial charge in [0.2, 0.25) is 0 Å². The fourth-order valence-corrected chi connectivity index (χ4v) is 16.3. The lowest BCUT2D eigenvalue weighted by molar-refractivity contribution is -0.182. The molecule has 27 heteroatoms. The maximum Gasteiger partial charge on any atom is 0.169 e. The summed E-state index contributed by atoms with van der Waals surface area (Å²) in [6, 6.07) is 26.7. The number of anilines is 1. The van der Waals surface area contributed by atoms with E-state index < -0.39 is 0 Å². The van der Waals surface area contributed by atoms with E-state index in [2.05, 4.69) is 261 Å². The molecule has 0 bridgehead atoms. The Labute approximate surface area is 636 Å². The Hall–Kier alpha value is -3.72. The molecule has 10 heterocycles. The van der Waals surface area contributed by atoms with Gasteiger partial charge in [0.1, 0.15) is 56.2 Å². The number of likely N-dealkylation sites (N-methyl/N-ethyl adjacent to an activating group) is 3. The summed E-state index contributed by atoms with van der Waals surface area (Å²) in [5.74, 6) is 10.6. The van der Waals surface area contributed by atoms with E-state index in [4.69, 9.17) is 24.8 Å². The van der Waals surface area contributed by atoms with Gasteiger partial charge < -0.3 is 52.2 Å². The Kier molecular flexibility index (Phi) is 30.9. The molecular formula is C72H102Br6N16O5. The van der Waals surface area contributed by atoms with Crippen molar-refractivity contribution in [2.24, 2.45) is 32.8 Å². The molecular weight excluding hydrogens is 1650 g/mol. The van der Waals surface area contributed by atoms with E-state index in [0.717, 1.165) is 134 Å². The number of ether oxygens (including phenoxy) is 4. The van der Waals surface area contributed by atoms with E-state index in [1.165, 1.54) is 87.0 Å². The molecule has 5 N–H and O–H groups in total. The molecule has 3 atom stereocenters. The maximum absolute atomic E-state index is 10.9. The van der Waals surface area contributed by atoms with Crippen molar-refractivity contribution in [2.75, 3.05) is 102 Å². The third-order valence-electron chi connectivity index (χ3n) is 19.8. The highest BCUT2D eigenvalue weighted by Crippen LogP contribution is 2.39. The topological polar surface area (TPSA) is 214 Å². The number of ketones is 1. The molecule has 7 aliphatic rings. The first-order valence-electron chi connectivity index (χ1n) is 34.0. The molecule has 8 aromatic rings. The summed E-state index contributed by atoms with van der Waals surface area (Å²) in [5.41, 5.74) is 14.5. The number of hydrogen-bond acceptors (Lipinski definition) is 18. The Morgan fingerprint density at radius 3 is 1.02 bits per heavy atom. The SMILES string of the molecule is Brc1cccc(Br)n1.CN(C)C1CCC2(CC1)OCCO2.CN(C)C1CCc2c(c3ccc(Br)nc3n2C)C1.CN(C)[C@@H]1CCc2c(c3ccc(Br)nc3n2C)C1.CN(C)[C@H]1CCc2c(c3ccc(Br)nc3n2C)C1.CN(N)c1cccc(Br)n1.CNN.O=C1CCC2(CC1)OCCO2. The van der Waals surface area contributed by atoms with Crippen LogP contribution in [0.25, 0.3) is 33.1 Å². The molecule has 2 spiro atoms. The molecule has 0 aromatic carbocycles. The average molecular weight is 1750 g/mol. The molecule has 2 aliphatic heterocycles. The number of aromatic nitrogens is 8. The molecule has 8 aromatic heterocycles. The maximum atomic E-state index is 10.9. The van der Waals surface area contributed by atoms with Crippen LogP contribution in [0.4, 0.5) is 5.82 Å². The molecule has 99 heavy (non-hydrogen) atoms. The van der Waals surface area contributed by atoms with Crippen molar-refractivity contribution in [3.8, 4) is 0 Å². The van der Waals surface area contributed by atoms with Gasteiger partial charge >= 0.3 is 0 Å². The largest absolute Gasteiger partial charge is 0.348 e. The van der Waals surface area contributed by atoms with E-state index in [1.54, 1.807) is 14.1 Å². The van der Waals surface area contributed by atoms with Gasteiger partial charge in [-0.05, 0) is 307 Å². The van der Waals surface area contributed by atoms with Crippen LogP contribution in [-0.2, 0) is 83.4 Å². The van der Waals surface area contributed by atoms with Crippen molar-refractivity contribution in [3.63, 3.8) is 0 Å². The van der Waals surface area contributed by atoms with Crippen molar-refractivity contribution < 1.29 is 23.7 Å². The summed E-state index contributed by atoms with van der Waals surface area (Å²) < 4.78 is 34.3. The molecule has 5 aliphatic carbocycles. The molecule has 2 saturated heterocycles. The van der Waals surface area contributed by atoms with Crippen molar-refractivity contribution in [3.05, 3.63) is 134 Å². The van der Waals surface area contributed by atoms with E-state index in [9.17, 15) is 4.79 Å². The van der Waals surface area contributed by atoms with Crippen molar-refractivity contribution in [2.45, 2.75) is 145 Å². The van der Waals surface area contributed by atoms with Crippen LogP contribution in [0.5, 0.6) is 0 Å². The van der Waals surface area contributed by atoms with Crippen molar-refractivity contribution in [1.29, 1.82) is 0 Å². The van der Waals surface area contributed by atoms with Gasteiger partial charge in [-0.15, -0.1) is 0 Å². The second-order valence-electron chi connectivity index (χ2n) is 27.0. The summed E-state index contributed by atoms with van der Waals surface area (Å²) in [6.45, 7) is 2.95. The second-order valence-corrected chi connectivity index (χ2v) is 31.9. The van der Waals surface area contributed by atoms with Crippen LogP contribution in [0, 0.1) is 0 Å². The first-order valence-corrected chi connectivity index (χ1v) is 38.8. The van der Waals surface area contributed by atoms with Crippen molar-refractivity contribution in [1.82, 2.24) is 63.6 Å². The zero-order valence-corrected chi connectivity index (χ0v) is 69.4. The minimum Gasteiger partial charge on any atom is -0.348 e. The lowest BCUT2D eigenvalue weighted by Crippen LogP contribution is -2.41. The highest BCUT2D eigenvalue weighted by molar-refractivity contribution is 9.11. The number of hydrazine groups is 2. The Morgan fingerprint density at radius 1 is 0.434 bits per heavy atom. The zero-order valence-electron chi connectivity index (χ0n) is 59.9. The standard InChI is InChI=1S/3C14H18BrN3.C10H19NO2.C8H12O3.C6H8BrN3.C5H3Br2N.CH6N2/c3*1-17(2)9-4-6-12-11(8-9)10-5-7-13(15)16-14(10)18(12)3;1-11(2)9-3-5-10(6-4-9)12-7-8-13-10;9-7-1-3-8(4-2-7)10-5-6-11-8;1-10(8)6-4-2-3-5(7)9-6;6-4-2-1-3-5(7)8-4;1-3-2/h3*5,7,9H,4,6,8H2,1-3H3;9H,3-8H2,1-2H3;1-6H2;2-4H,8H2,1H3;1-3H;3H,2H2,1H3/t2*9-;;;;;;/m10....../s1. The number of aryl methyl sites for hydroxylation is 3. The Balaban J connectivity index is 0.000000149. The van der Waals surface area contributed by atoms with Gasteiger partial charge in [-0.25, -0.2) is 30.8 Å². The minimum absolute atomic E-state index is 0.188. The quantitative estimate of drug-likeness (QED) is 0.0830. The first kappa shape index (κ1) is 81.0. The fourth-order valence-electron chi connectivity index (χ4n) is 14.1. The Morgan fingerprint density at radius 2 is 0.737 bits per heavy atom. The van der Waals surface area contributed by atoms with Gasteiger partial charge in [-0.3, -0.25) is 21.1 Å². The lowest BCUT2D eigenvalue weighted by Gasteiger charge is -2.37. The average Bonchev–Trinajstić information content (AvgIpc) is 1.62. The van der Waals surface area contributed by atoms with Gasteiger partial charge in [0.15, 0.2) is 11.6 Å². The molecule has 15 rings (SSSR count). The van der Waals surface area contributed by atoms with E-state index in [0.29, 0.717) is 50.0 Å². The smallest absolute Gasteiger partial charge is 0.169 e. The van der Waals surface area contributed by atoms with Gasteiger partial charge in [-0.1, -0.05) is 12.1 Å². The van der Waals surface area contributed by atoms with E-state index in [-0.39, 0.29) is 11.6 Å². The molecule has 542 valence electrons. The number of hydrogen-bond donors (Lipinski definition) is 3. The molecule has 21 nitrogen and oxygen atoms in total. The van der Waals surface area contributed by atoms with Crippen LogP contribution in [0.2, 0.25) is 0 Å². The third-order valence-corrected chi connectivity index (χ3v) is 22.4. The summed E-state index contributed by atoms with van der Waals surface area (Å²) in [6.07, 6.45) is 17.9. The minimum atomic E-state index is -0.367.